The number of hydrogen-bond acceptors (Lipinski definition) is 2. The lowest BCUT2D eigenvalue weighted by Gasteiger charge is -2.29. The van der Waals surface area contributed by atoms with E-state index in [0.717, 1.165) is 12.3 Å². The lowest BCUT2D eigenvalue weighted by atomic mass is 9.84. The van der Waals surface area contributed by atoms with E-state index in [9.17, 15) is 0 Å². The Labute approximate surface area is 87.7 Å². The summed E-state index contributed by atoms with van der Waals surface area (Å²) < 4.78 is 0. The van der Waals surface area contributed by atoms with E-state index in [1.165, 1.54) is 32.1 Å². The first-order valence-electron chi connectivity index (χ1n) is 5.93. The number of rotatable bonds is 4. The van der Waals surface area contributed by atoms with Crippen LogP contribution >= 0.6 is 0 Å². The van der Waals surface area contributed by atoms with Crippen molar-refractivity contribution in [1.82, 2.24) is 5.32 Å². The SMILES string of the molecule is CCC(C#N)NC(C)C1CCCCC1. The van der Waals surface area contributed by atoms with E-state index in [0.29, 0.717) is 6.04 Å². The van der Waals surface area contributed by atoms with Crippen molar-refractivity contribution >= 4 is 0 Å². The maximum atomic E-state index is 8.86. The van der Waals surface area contributed by atoms with Crippen molar-refractivity contribution in [2.75, 3.05) is 0 Å². The van der Waals surface area contributed by atoms with Gasteiger partial charge in [-0.15, -0.1) is 0 Å². The molecule has 0 aromatic carbocycles. The zero-order chi connectivity index (χ0) is 10.4. The Morgan fingerprint density at radius 2 is 2.00 bits per heavy atom. The molecule has 0 bridgehead atoms. The Kier molecular flexibility index (Phi) is 4.97. The predicted octanol–water partition coefficient (Wildman–Crippen LogP) is 2.85. The smallest absolute Gasteiger partial charge is 0.0952 e. The lowest BCUT2D eigenvalue weighted by Crippen LogP contribution is -2.40. The van der Waals surface area contributed by atoms with Gasteiger partial charge in [0.2, 0.25) is 0 Å². The number of nitrogens with zero attached hydrogens (tertiary/aromatic N) is 1. The van der Waals surface area contributed by atoms with Crippen molar-refractivity contribution in [2.45, 2.75) is 64.5 Å². The summed E-state index contributed by atoms with van der Waals surface area (Å²) in [5.41, 5.74) is 0. The zero-order valence-corrected chi connectivity index (χ0v) is 9.42. The molecule has 0 heterocycles. The highest BCUT2D eigenvalue weighted by Gasteiger charge is 2.21. The highest BCUT2D eigenvalue weighted by atomic mass is 14.9. The predicted molar refractivity (Wildman–Crippen MR) is 58.9 cm³/mol. The average molecular weight is 194 g/mol. The van der Waals surface area contributed by atoms with Gasteiger partial charge in [0.1, 0.15) is 0 Å². The molecular weight excluding hydrogens is 172 g/mol. The van der Waals surface area contributed by atoms with Crippen LogP contribution < -0.4 is 5.32 Å². The highest BCUT2D eigenvalue weighted by Crippen LogP contribution is 2.26. The standard InChI is InChI=1S/C12H22N2/c1-3-12(9-13)14-10(2)11-7-5-4-6-8-11/h10-12,14H,3-8H2,1-2H3. The van der Waals surface area contributed by atoms with Crippen LogP contribution in [0.5, 0.6) is 0 Å². The van der Waals surface area contributed by atoms with Crippen LogP contribution in [0.4, 0.5) is 0 Å². The number of nitrogens with one attached hydrogen (secondary N) is 1. The van der Waals surface area contributed by atoms with Crippen LogP contribution in [-0.2, 0) is 0 Å². The molecule has 0 aromatic heterocycles. The van der Waals surface area contributed by atoms with E-state index in [4.69, 9.17) is 5.26 Å². The van der Waals surface area contributed by atoms with Crippen molar-refractivity contribution in [3.63, 3.8) is 0 Å². The summed E-state index contributed by atoms with van der Waals surface area (Å²) in [6.07, 6.45) is 7.75. The molecule has 1 saturated carbocycles. The molecule has 0 aliphatic heterocycles. The van der Waals surface area contributed by atoms with Crippen LogP contribution in [0, 0.1) is 17.2 Å². The second-order valence-electron chi connectivity index (χ2n) is 4.44. The van der Waals surface area contributed by atoms with Gasteiger partial charge in [-0.05, 0) is 32.1 Å². The van der Waals surface area contributed by atoms with Gasteiger partial charge in [0, 0.05) is 6.04 Å². The molecule has 1 fully saturated rings. The fraction of sp³-hybridized carbons (Fsp3) is 0.917. The van der Waals surface area contributed by atoms with Gasteiger partial charge < -0.3 is 0 Å². The number of hydrogen-bond donors (Lipinski definition) is 1. The molecule has 80 valence electrons. The molecule has 0 spiro atoms. The Morgan fingerprint density at radius 1 is 1.36 bits per heavy atom. The van der Waals surface area contributed by atoms with Crippen LogP contribution in [0.3, 0.4) is 0 Å². The molecule has 1 aliphatic rings. The van der Waals surface area contributed by atoms with Gasteiger partial charge in [-0.3, -0.25) is 5.32 Å². The van der Waals surface area contributed by atoms with E-state index < -0.39 is 0 Å². The van der Waals surface area contributed by atoms with Gasteiger partial charge in [0.25, 0.3) is 0 Å². The van der Waals surface area contributed by atoms with E-state index in [2.05, 4.69) is 25.2 Å². The second-order valence-corrected chi connectivity index (χ2v) is 4.44. The summed E-state index contributed by atoms with van der Waals surface area (Å²) in [5, 5.41) is 12.3. The van der Waals surface area contributed by atoms with E-state index >= 15 is 0 Å². The maximum Gasteiger partial charge on any atom is 0.0952 e. The second kappa shape index (κ2) is 6.03. The van der Waals surface area contributed by atoms with Crippen molar-refractivity contribution < 1.29 is 0 Å². The Hall–Kier alpha value is -0.550. The normalized spacial score (nSPS) is 22.6. The Bertz CT molecular complexity index is 189. The first-order chi connectivity index (χ1) is 6.77. The van der Waals surface area contributed by atoms with Crippen LogP contribution in [0.1, 0.15) is 52.4 Å². The van der Waals surface area contributed by atoms with Crippen molar-refractivity contribution in [3.8, 4) is 6.07 Å². The highest BCUT2D eigenvalue weighted by molar-refractivity contribution is 4.91. The fourth-order valence-corrected chi connectivity index (χ4v) is 2.33. The average Bonchev–Trinajstić information content (AvgIpc) is 2.26. The van der Waals surface area contributed by atoms with Gasteiger partial charge in [0.15, 0.2) is 0 Å². The third-order valence-corrected chi connectivity index (χ3v) is 3.39. The molecule has 14 heavy (non-hydrogen) atoms. The van der Waals surface area contributed by atoms with Gasteiger partial charge in [-0.25, -0.2) is 0 Å². The molecule has 0 radical (unpaired) electrons. The van der Waals surface area contributed by atoms with Crippen molar-refractivity contribution in [2.24, 2.45) is 5.92 Å². The Balaban J connectivity index is 2.32. The fourth-order valence-electron chi connectivity index (χ4n) is 2.33. The Morgan fingerprint density at radius 3 is 2.50 bits per heavy atom. The van der Waals surface area contributed by atoms with Gasteiger partial charge in [-0.1, -0.05) is 26.2 Å². The number of nitriles is 1. The van der Waals surface area contributed by atoms with Crippen LogP contribution in [0.25, 0.3) is 0 Å². The molecule has 1 N–H and O–H groups in total. The third kappa shape index (κ3) is 3.31. The molecule has 2 nitrogen and oxygen atoms in total. The van der Waals surface area contributed by atoms with Gasteiger partial charge >= 0.3 is 0 Å². The zero-order valence-electron chi connectivity index (χ0n) is 9.42. The molecule has 0 amide bonds. The summed E-state index contributed by atoms with van der Waals surface area (Å²) in [6.45, 7) is 4.30. The molecule has 2 heteroatoms. The topological polar surface area (TPSA) is 35.8 Å². The molecule has 0 aromatic rings. The minimum absolute atomic E-state index is 0.0481. The van der Waals surface area contributed by atoms with E-state index in [1.807, 2.05) is 0 Å². The largest absolute Gasteiger partial charge is 0.299 e. The lowest BCUT2D eigenvalue weighted by molar-refractivity contribution is 0.272. The molecule has 0 saturated heterocycles. The summed E-state index contributed by atoms with van der Waals surface area (Å²) in [6, 6.07) is 2.87. The van der Waals surface area contributed by atoms with Crippen LogP contribution in [0.15, 0.2) is 0 Å². The van der Waals surface area contributed by atoms with E-state index in [-0.39, 0.29) is 6.04 Å². The third-order valence-electron chi connectivity index (χ3n) is 3.39. The van der Waals surface area contributed by atoms with Crippen LogP contribution in [-0.4, -0.2) is 12.1 Å². The molecule has 2 unspecified atom stereocenters. The maximum absolute atomic E-state index is 8.86. The first-order valence-corrected chi connectivity index (χ1v) is 5.93. The molecule has 2 atom stereocenters. The van der Waals surface area contributed by atoms with E-state index in [1.54, 1.807) is 0 Å². The molecule has 1 rings (SSSR count). The summed E-state index contributed by atoms with van der Waals surface area (Å²) in [5.74, 6) is 0.797. The minimum Gasteiger partial charge on any atom is -0.299 e. The quantitative estimate of drug-likeness (QED) is 0.747. The summed E-state index contributed by atoms with van der Waals surface area (Å²) in [4.78, 5) is 0. The van der Waals surface area contributed by atoms with Gasteiger partial charge in [0.05, 0.1) is 12.1 Å². The monoisotopic (exact) mass is 194 g/mol. The van der Waals surface area contributed by atoms with Crippen LogP contribution in [0.2, 0.25) is 0 Å². The minimum atomic E-state index is 0.0481. The van der Waals surface area contributed by atoms with Crippen molar-refractivity contribution in [1.29, 1.82) is 5.26 Å². The molecule has 1 aliphatic carbocycles. The van der Waals surface area contributed by atoms with Gasteiger partial charge in [-0.2, -0.15) is 5.26 Å². The first kappa shape index (κ1) is 11.5. The summed E-state index contributed by atoms with van der Waals surface area (Å²) >= 11 is 0. The summed E-state index contributed by atoms with van der Waals surface area (Å²) in [7, 11) is 0. The molecular formula is C12H22N2. The van der Waals surface area contributed by atoms with Crippen molar-refractivity contribution in [3.05, 3.63) is 0 Å².